The minimum absolute atomic E-state index is 0.226. The summed E-state index contributed by atoms with van der Waals surface area (Å²) >= 11 is 6.01. The van der Waals surface area contributed by atoms with E-state index in [2.05, 4.69) is 18.2 Å². The fraction of sp³-hybridized carbons (Fsp3) is 0.200. The van der Waals surface area contributed by atoms with Crippen LogP contribution in [0.5, 0.6) is 0 Å². The molecule has 0 heterocycles. The zero-order valence-corrected chi connectivity index (χ0v) is 10.3. The van der Waals surface area contributed by atoms with Crippen molar-refractivity contribution >= 4 is 11.6 Å². The Morgan fingerprint density at radius 1 is 1.00 bits per heavy atom. The van der Waals surface area contributed by atoms with Gasteiger partial charge in [0.25, 0.3) is 0 Å². The molecule has 17 heavy (non-hydrogen) atoms. The Kier molecular flexibility index (Phi) is 4.18. The molecule has 0 aliphatic heterocycles. The predicted octanol–water partition coefficient (Wildman–Crippen LogP) is 3.93. The summed E-state index contributed by atoms with van der Waals surface area (Å²) in [6, 6.07) is 16.1. The van der Waals surface area contributed by atoms with Crippen molar-refractivity contribution in [2.45, 2.75) is 12.8 Å². The molecule has 0 fully saturated rings. The van der Waals surface area contributed by atoms with Crippen LogP contribution in [0, 0.1) is 0 Å². The molecular weight excluding hydrogens is 232 g/mol. The molecule has 88 valence electrons. The van der Waals surface area contributed by atoms with Crippen molar-refractivity contribution in [1.29, 1.82) is 0 Å². The lowest BCUT2D eigenvalue weighted by atomic mass is 9.97. The van der Waals surface area contributed by atoms with Gasteiger partial charge in [-0.25, -0.2) is 0 Å². The Morgan fingerprint density at radius 2 is 1.82 bits per heavy atom. The van der Waals surface area contributed by atoms with Crippen molar-refractivity contribution in [2.24, 2.45) is 0 Å². The third-order valence-electron chi connectivity index (χ3n) is 2.76. The molecule has 2 aromatic rings. The molecule has 0 bridgehead atoms. The maximum absolute atomic E-state index is 8.91. The van der Waals surface area contributed by atoms with Crippen molar-refractivity contribution < 1.29 is 5.11 Å². The zero-order valence-electron chi connectivity index (χ0n) is 9.57. The van der Waals surface area contributed by atoms with Crippen LogP contribution >= 0.6 is 11.6 Å². The average molecular weight is 247 g/mol. The number of halogens is 1. The van der Waals surface area contributed by atoms with Gasteiger partial charge in [-0.05, 0) is 41.7 Å². The second-order valence-electron chi connectivity index (χ2n) is 3.99. The highest BCUT2D eigenvalue weighted by atomic mass is 35.5. The van der Waals surface area contributed by atoms with E-state index in [1.165, 1.54) is 11.1 Å². The molecule has 1 nitrogen and oxygen atoms in total. The highest BCUT2D eigenvalue weighted by Crippen LogP contribution is 2.26. The molecule has 0 aliphatic carbocycles. The molecule has 0 radical (unpaired) electrons. The molecule has 2 rings (SSSR count). The molecule has 2 heteroatoms. The monoisotopic (exact) mass is 246 g/mol. The standard InChI is InChI=1S/C15H15ClO/c16-14-8-3-6-13(11-14)15-9-2-1-5-12(15)7-4-10-17/h1-3,5-6,8-9,11,17H,4,7,10H2. The maximum Gasteiger partial charge on any atom is 0.0434 e. The largest absolute Gasteiger partial charge is 0.396 e. The fourth-order valence-electron chi connectivity index (χ4n) is 1.95. The zero-order chi connectivity index (χ0) is 12.1. The molecular formula is C15H15ClO. The highest BCUT2D eigenvalue weighted by molar-refractivity contribution is 6.30. The van der Waals surface area contributed by atoms with Gasteiger partial charge in [0, 0.05) is 11.6 Å². The van der Waals surface area contributed by atoms with Crippen LogP contribution in [0.2, 0.25) is 5.02 Å². The third kappa shape index (κ3) is 3.09. The topological polar surface area (TPSA) is 20.2 Å². The van der Waals surface area contributed by atoms with Gasteiger partial charge in [0.15, 0.2) is 0 Å². The van der Waals surface area contributed by atoms with Gasteiger partial charge >= 0.3 is 0 Å². The number of hydrogen-bond acceptors (Lipinski definition) is 1. The summed E-state index contributed by atoms with van der Waals surface area (Å²) in [7, 11) is 0. The van der Waals surface area contributed by atoms with E-state index in [9.17, 15) is 0 Å². The van der Waals surface area contributed by atoms with Gasteiger partial charge in [-0.1, -0.05) is 48.0 Å². The minimum atomic E-state index is 0.226. The third-order valence-corrected chi connectivity index (χ3v) is 2.99. The molecule has 1 N–H and O–H groups in total. The van der Waals surface area contributed by atoms with Gasteiger partial charge in [-0.3, -0.25) is 0 Å². The maximum atomic E-state index is 8.91. The molecule has 0 atom stereocenters. The summed E-state index contributed by atoms with van der Waals surface area (Å²) < 4.78 is 0. The lowest BCUT2D eigenvalue weighted by Gasteiger charge is -2.09. The van der Waals surface area contributed by atoms with Crippen molar-refractivity contribution in [2.75, 3.05) is 6.61 Å². The van der Waals surface area contributed by atoms with E-state index in [0.717, 1.165) is 23.4 Å². The minimum Gasteiger partial charge on any atom is -0.396 e. The van der Waals surface area contributed by atoms with Crippen molar-refractivity contribution in [3.63, 3.8) is 0 Å². The van der Waals surface area contributed by atoms with Crippen molar-refractivity contribution in [3.8, 4) is 11.1 Å². The van der Waals surface area contributed by atoms with Crippen molar-refractivity contribution in [3.05, 3.63) is 59.1 Å². The van der Waals surface area contributed by atoms with E-state index in [1.807, 2.05) is 30.3 Å². The van der Waals surface area contributed by atoms with E-state index in [-0.39, 0.29) is 6.61 Å². The fourth-order valence-corrected chi connectivity index (χ4v) is 2.14. The van der Waals surface area contributed by atoms with E-state index in [4.69, 9.17) is 16.7 Å². The van der Waals surface area contributed by atoms with Crippen LogP contribution in [-0.4, -0.2) is 11.7 Å². The smallest absolute Gasteiger partial charge is 0.0434 e. The number of benzene rings is 2. The van der Waals surface area contributed by atoms with E-state index in [0.29, 0.717) is 0 Å². The molecule has 2 aromatic carbocycles. The SMILES string of the molecule is OCCCc1ccccc1-c1cccc(Cl)c1. The second-order valence-corrected chi connectivity index (χ2v) is 4.43. The normalized spacial score (nSPS) is 10.5. The van der Waals surface area contributed by atoms with Gasteiger partial charge in [-0.2, -0.15) is 0 Å². The quantitative estimate of drug-likeness (QED) is 0.867. The van der Waals surface area contributed by atoms with Crippen LogP contribution < -0.4 is 0 Å². The molecule has 0 aliphatic rings. The summed E-state index contributed by atoms with van der Waals surface area (Å²) in [5.41, 5.74) is 3.58. The Labute approximate surface area is 107 Å². The van der Waals surface area contributed by atoms with E-state index in [1.54, 1.807) is 0 Å². The Morgan fingerprint density at radius 3 is 2.59 bits per heavy atom. The van der Waals surface area contributed by atoms with E-state index >= 15 is 0 Å². The van der Waals surface area contributed by atoms with Gasteiger partial charge in [-0.15, -0.1) is 0 Å². The van der Waals surface area contributed by atoms with Crippen LogP contribution in [0.1, 0.15) is 12.0 Å². The van der Waals surface area contributed by atoms with E-state index < -0.39 is 0 Å². The molecule has 0 amide bonds. The Bertz CT molecular complexity index is 494. The number of aryl methyl sites for hydroxylation is 1. The first-order valence-electron chi connectivity index (χ1n) is 5.76. The average Bonchev–Trinajstić information content (AvgIpc) is 2.37. The Hall–Kier alpha value is -1.31. The lowest BCUT2D eigenvalue weighted by Crippen LogP contribution is -1.92. The number of aliphatic hydroxyl groups is 1. The summed E-state index contributed by atoms with van der Waals surface area (Å²) in [5, 5.41) is 9.66. The first-order valence-corrected chi connectivity index (χ1v) is 6.14. The summed E-state index contributed by atoms with van der Waals surface area (Å²) in [6.07, 6.45) is 1.68. The molecule has 0 saturated carbocycles. The summed E-state index contributed by atoms with van der Waals surface area (Å²) in [5.74, 6) is 0. The van der Waals surface area contributed by atoms with Crippen LogP contribution in [0.3, 0.4) is 0 Å². The van der Waals surface area contributed by atoms with Crippen LogP contribution in [0.25, 0.3) is 11.1 Å². The summed E-state index contributed by atoms with van der Waals surface area (Å²) in [4.78, 5) is 0. The second kappa shape index (κ2) is 5.85. The number of aliphatic hydroxyl groups excluding tert-OH is 1. The Balaban J connectivity index is 2.37. The van der Waals surface area contributed by atoms with Gasteiger partial charge in [0.2, 0.25) is 0 Å². The first-order chi connectivity index (χ1) is 8.31. The summed E-state index contributed by atoms with van der Waals surface area (Å²) in [6.45, 7) is 0.226. The highest BCUT2D eigenvalue weighted by Gasteiger charge is 2.04. The predicted molar refractivity (Wildman–Crippen MR) is 72.3 cm³/mol. The van der Waals surface area contributed by atoms with Crippen molar-refractivity contribution in [1.82, 2.24) is 0 Å². The van der Waals surface area contributed by atoms with Gasteiger partial charge in [0.1, 0.15) is 0 Å². The first kappa shape index (κ1) is 12.2. The number of hydrogen-bond donors (Lipinski definition) is 1. The molecule has 0 spiro atoms. The number of rotatable bonds is 4. The lowest BCUT2D eigenvalue weighted by molar-refractivity contribution is 0.288. The van der Waals surface area contributed by atoms with Crippen LogP contribution in [0.15, 0.2) is 48.5 Å². The molecule has 0 unspecified atom stereocenters. The molecule has 0 saturated heterocycles. The van der Waals surface area contributed by atoms with Crippen LogP contribution in [-0.2, 0) is 6.42 Å². The van der Waals surface area contributed by atoms with Gasteiger partial charge < -0.3 is 5.11 Å². The van der Waals surface area contributed by atoms with Gasteiger partial charge in [0.05, 0.1) is 0 Å². The van der Waals surface area contributed by atoms with Crippen LogP contribution in [0.4, 0.5) is 0 Å². The molecule has 0 aromatic heterocycles.